The lowest BCUT2D eigenvalue weighted by Gasteiger charge is -2.32. The van der Waals surface area contributed by atoms with Crippen molar-refractivity contribution in [1.29, 1.82) is 0 Å². The molecule has 3 aromatic rings. The molecule has 1 fully saturated rings. The van der Waals surface area contributed by atoms with Crippen LogP contribution >= 0.6 is 0 Å². The van der Waals surface area contributed by atoms with Crippen LogP contribution in [0.1, 0.15) is 47.9 Å². The fourth-order valence-corrected chi connectivity index (χ4v) is 4.83. The molecule has 0 aromatic heterocycles. The van der Waals surface area contributed by atoms with Gasteiger partial charge in [0.1, 0.15) is 11.9 Å². The molecule has 1 N–H and O–H groups in total. The summed E-state index contributed by atoms with van der Waals surface area (Å²) in [6, 6.07) is 23.3. The summed E-state index contributed by atoms with van der Waals surface area (Å²) in [5.41, 5.74) is 3.30. The molecule has 1 aliphatic rings. The van der Waals surface area contributed by atoms with Crippen molar-refractivity contribution in [3.05, 3.63) is 107 Å². The van der Waals surface area contributed by atoms with Gasteiger partial charge in [0.05, 0.1) is 6.42 Å². The first-order valence-electron chi connectivity index (χ1n) is 12.4. The number of nitrogens with zero attached hydrogens (tertiary/aromatic N) is 1. The molecule has 0 bridgehead atoms. The Bertz CT molecular complexity index is 1140. The molecule has 0 saturated heterocycles. The first kappa shape index (κ1) is 24.6. The highest BCUT2D eigenvalue weighted by Gasteiger charge is 2.32. The van der Waals surface area contributed by atoms with E-state index in [1.165, 1.54) is 6.07 Å². The van der Waals surface area contributed by atoms with Crippen LogP contribution in [0.15, 0.2) is 78.9 Å². The quantitative estimate of drug-likeness (QED) is 0.455. The summed E-state index contributed by atoms with van der Waals surface area (Å²) < 4.78 is 14.7. The van der Waals surface area contributed by atoms with Crippen molar-refractivity contribution < 1.29 is 14.0 Å². The molecule has 0 spiro atoms. The molecule has 1 unspecified atom stereocenters. The molecule has 1 saturated carbocycles. The summed E-state index contributed by atoms with van der Waals surface area (Å²) in [6.45, 7) is 2.02. The predicted octanol–water partition coefficient (Wildman–Crippen LogP) is 5.38. The Balaban J connectivity index is 1.67. The minimum atomic E-state index is -0.741. The number of amides is 2. The van der Waals surface area contributed by atoms with Crippen LogP contribution in [-0.2, 0) is 29.0 Å². The van der Waals surface area contributed by atoms with Crippen LogP contribution in [0.3, 0.4) is 0 Å². The van der Waals surface area contributed by atoms with Gasteiger partial charge in [-0.1, -0.05) is 91.2 Å². The molecule has 2 amide bonds. The number of rotatable bonds is 9. The van der Waals surface area contributed by atoms with E-state index in [1.807, 2.05) is 61.5 Å². The zero-order chi connectivity index (χ0) is 24.6. The summed E-state index contributed by atoms with van der Waals surface area (Å²) in [5, 5.41) is 3.18. The number of carbonyl (C=O) groups excluding carboxylic acids is 2. The molecule has 4 nitrogen and oxygen atoms in total. The van der Waals surface area contributed by atoms with Gasteiger partial charge in [-0.3, -0.25) is 9.59 Å². The molecule has 4 rings (SSSR count). The number of hydrogen-bond donors (Lipinski definition) is 1. The molecule has 35 heavy (non-hydrogen) atoms. The fourth-order valence-electron chi connectivity index (χ4n) is 4.83. The van der Waals surface area contributed by atoms with Gasteiger partial charge < -0.3 is 10.2 Å². The van der Waals surface area contributed by atoms with Crippen molar-refractivity contribution in [3.63, 3.8) is 0 Å². The third kappa shape index (κ3) is 6.78. The summed E-state index contributed by atoms with van der Waals surface area (Å²) in [5.74, 6) is -0.744. The molecule has 0 radical (unpaired) electrons. The van der Waals surface area contributed by atoms with E-state index in [1.54, 1.807) is 23.1 Å². The highest BCUT2D eigenvalue weighted by atomic mass is 19.1. The monoisotopic (exact) mass is 472 g/mol. The third-order valence-electron chi connectivity index (χ3n) is 6.71. The maximum atomic E-state index is 14.7. The molecular weight excluding hydrogens is 439 g/mol. The molecule has 0 aliphatic heterocycles. The second-order valence-corrected chi connectivity index (χ2v) is 9.47. The number of aryl methyl sites for hydroxylation is 1. The summed E-state index contributed by atoms with van der Waals surface area (Å²) in [4.78, 5) is 28.9. The van der Waals surface area contributed by atoms with E-state index in [0.717, 1.165) is 42.4 Å². The minimum Gasteiger partial charge on any atom is -0.352 e. The average molecular weight is 473 g/mol. The highest BCUT2D eigenvalue weighted by Crippen LogP contribution is 2.21. The van der Waals surface area contributed by atoms with Crippen molar-refractivity contribution in [1.82, 2.24) is 10.2 Å². The van der Waals surface area contributed by atoms with Crippen LogP contribution in [-0.4, -0.2) is 28.8 Å². The van der Waals surface area contributed by atoms with Crippen molar-refractivity contribution in [2.75, 3.05) is 0 Å². The van der Waals surface area contributed by atoms with Crippen molar-refractivity contribution in [2.24, 2.45) is 0 Å². The van der Waals surface area contributed by atoms with Gasteiger partial charge in [-0.05, 0) is 37.0 Å². The summed E-state index contributed by atoms with van der Waals surface area (Å²) in [7, 11) is 0. The molecule has 0 heterocycles. The molecule has 1 aliphatic carbocycles. The number of halogens is 1. The summed E-state index contributed by atoms with van der Waals surface area (Å²) in [6.07, 6.45) is 4.62. The highest BCUT2D eigenvalue weighted by molar-refractivity contribution is 5.89. The van der Waals surface area contributed by atoms with Gasteiger partial charge >= 0.3 is 0 Å². The van der Waals surface area contributed by atoms with Gasteiger partial charge in [0.15, 0.2) is 0 Å². The first-order valence-corrected chi connectivity index (χ1v) is 12.4. The Morgan fingerprint density at radius 1 is 0.943 bits per heavy atom. The minimum absolute atomic E-state index is 0.0346. The van der Waals surface area contributed by atoms with Crippen LogP contribution in [0.2, 0.25) is 0 Å². The van der Waals surface area contributed by atoms with Crippen LogP contribution in [0, 0.1) is 12.7 Å². The Hall–Kier alpha value is -3.47. The summed E-state index contributed by atoms with van der Waals surface area (Å²) >= 11 is 0. The van der Waals surface area contributed by atoms with Gasteiger partial charge in [0.25, 0.3) is 0 Å². The van der Waals surface area contributed by atoms with Crippen LogP contribution in [0.5, 0.6) is 0 Å². The normalized spacial score (nSPS) is 14.5. The van der Waals surface area contributed by atoms with Gasteiger partial charge in [-0.15, -0.1) is 0 Å². The Kier molecular flexibility index (Phi) is 8.30. The number of hydrogen-bond acceptors (Lipinski definition) is 2. The average Bonchev–Trinajstić information content (AvgIpc) is 3.36. The number of nitrogens with one attached hydrogen (secondary N) is 1. The maximum absolute atomic E-state index is 14.7. The van der Waals surface area contributed by atoms with Gasteiger partial charge in [0, 0.05) is 24.6 Å². The largest absolute Gasteiger partial charge is 0.352 e. The van der Waals surface area contributed by atoms with Crippen molar-refractivity contribution in [3.8, 4) is 0 Å². The van der Waals surface area contributed by atoms with E-state index in [2.05, 4.69) is 5.32 Å². The van der Waals surface area contributed by atoms with Gasteiger partial charge in [-0.2, -0.15) is 0 Å². The zero-order valence-corrected chi connectivity index (χ0v) is 20.3. The topological polar surface area (TPSA) is 49.4 Å². The Labute approximate surface area is 207 Å². The van der Waals surface area contributed by atoms with E-state index in [4.69, 9.17) is 0 Å². The van der Waals surface area contributed by atoms with Crippen molar-refractivity contribution >= 4 is 11.8 Å². The Morgan fingerprint density at radius 3 is 2.34 bits per heavy atom. The van der Waals surface area contributed by atoms with E-state index < -0.39 is 6.04 Å². The standard InChI is InChI=1S/C30H33FN2O2/c1-22-10-9-13-24(18-22)20-29(34)33(21-25-14-5-8-17-27(25)31)28(19-23-11-3-2-4-12-23)30(35)32-26-15-6-7-16-26/h2-5,8-14,17-18,26,28H,6-7,15-16,19-21H2,1H3,(H,32,35). The zero-order valence-electron chi connectivity index (χ0n) is 20.3. The van der Waals surface area contributed by atoms with E-state index >= 15 is 0 Å². The molecule has 5 heteroatoms. The first-order chi connectivity index (χ1) is 17.0. The van der Waals surface area contributed by atoms with E-state index in [0.29, 0.717) is 12.0 Å². The maximum Gasteiger partial charge on any atom is 0.243 e. The second-order valence-electron chi connectivity index (χ2n) is 9.47. The Morgan fingerprint density at radius 2 is 1.63 bits per heavy atom. The lowest BCUT2D eigenvalue weighted by Crippen LogP contribution is -2.52. The lowest BCUT2D eigenvalue weighted by atomic mass is 10.0. The van der Waals surface area contributed by atoms with Gasteiger partial charge in [-0.25, -0.2) is 4.39 Å². The molecule has 3 aromatic carbocycles. The van der Waals surface area contributed by atoms with Gasteiger partial charge in [0.2, 0.25) is 11.8 Å². The van der Waals surface area contributed by atoms with Crippen molar-refractivity contribution in [2.45, 2.75) is 64.1 Å². The number of benzene rings is 3. The predicted molar refractivity (Wildman–Crippen MR) is 136 cm³/mol. The smallest absolute Gasteiger partial charge is 0.243 e. The third-order valence-corrected chi connectivity index (χ3v) is 6.71. The van der Waals surface area contributed by atoms with E-state index in [9.17, 15) is 14.0 Å². The molecule has 1 atom stereocenters. The van der Waals surface area contributed by atoms with E-state index in [-0.39, 0.29) is 36.6 Å². The van der Waals surface area contributed by atoms with Crippen LogP contribution in [0.4, 0.5) is 4.39 Å². The second kappa shape index (κ2) is 11.8. The number of carbonyl (C=O) groups is 2. The van der Waals surface area contributed by atoms with Crippen LogP contribution < -0.4 is 5.32 Å². The molecular formula is C30H33FN2O2. The molecule has 182 valence electrons. The lowest BCUT2D eigenvalue weighted by molar-refractivity contribution is -0.141. The van der Waals surface area contributed by atoms with Crippen LogP contribution in [0.25, 0.3) is 0 Å². The fraction of sp³-hybridized carbons (Fsp3) is 0.333. The SMILES string of the molecule is Cc1cccc(CC(=O)N(Cc2ccccc2F)C(Cc2ccccc2)C(=O)NC2CCCC2)c1.